The first-order chi connectivity index (χ1) is 15.7. The Morgan fingerprint density at radius 1 is 1.09 bits per heavy atom. The van der Waals surface area contributed by atoms with Gasteiger partial charge >= 0.3 is 0 Å². The molecule has 1 atom stereocenters. The van der Waals surface area contributed by atoms with Gasteiger partial charge in [-0.25, -0.2) is 13.2 Å². The first-order valence-electron chi connectivity index (χ1n) is 10.3. The van der Waals surface area contributed by atoms with Gasteiger partial charge < -0.3 is 20.5 Å². The van der Waals surface area contributed by atoms with E-state index < -0.39 is 23.6 Å². The summed E-state index contributed by atoms with van der Waals surface area (Å²) in [6, 6.07) is 6.92. The van der Waals surface area contributed by atoms with Crippen LogP contribution in [0.25, 0.3) is 17.0 Å². The topological polar surface area (TPSA) is 77.2 Å². The number of rotatable bonds is 9. The van der Waals surface area contributed by atoms with Crippen molar-refractivity contribution in [1.29, 1.82) is 0 Å². The van der Waals surface area contributed by atoms with Crippen LogP contribution < -0.4 is 10.6 Å². The van der Waals surface area contributed by atoms with E-state index in [1.54, 1.807) is 31.3 Å². The van der Waals surface area contributed by atoms with Gasteiger partial charge in [-0.2, -0.15) is 0 Å². The number of fused-ring (bicyclic) bond motifs is 1. The number of nitrogens with one attached hydrogen (secondary N) is 3. The second-order valence-electron chi connectivity index (χ2n) is 7.88. The molecule has 6 nitrogen and oxygen atoms in total. The molecule has 0 aliphatic carbocycles. The van der Waals surface area contributed by atoms with Crippen LogP contribution in [0.3, 0.4) is 0 Å². The van der Waals surface area contributed by atoms with E-state index in [0.717, 1.165) is 34.7 Å². The summed E-state index contributed by atoms with van der Waals surface area (Å²) in [5, 5.41) is 6.17. The standard InChI is InChI=1S/C24H25F3N4O2/c1-31(2)14-22(30-23(32)8-4-15-3-6-19(26)20(27)11-15)24(33)28-10-9-16-13-29-21-7-5-17(25)12-18(16)21/h3-8,11-13,22,29H,9-10,14H2,1-2H3,(H,28,33)(H,30,32)/b8-4+. The van der Waals surface area contributed by atoms with Crippen molar-refractivity contribution in [1.82, 2.24) is 20.5 Å². The number of nitrogens with zero attached hydrogens (tertiary/aromatic N) is 1. The second-order valence-corrected chi connectivity index (χ2v) is 7.88. The average Bonchev–Trinajstić information content (AvgIpc) is 3.15. The molecule has 9 heteroatoms. The maximum atomic E-state index is 13.5. The molecule has 0 fully saturated rings. The number of aromatic amines is 1. The number of H-pyrrole nitrogens is 1. The molecule has 0 saturated heterocycles. The molecule has 1 aromatic heterocycles. The zero-order valence-corrected chi connectivity index (χ0v) is 18.3. The summed E-state index contributed by atoms with van der Waals surface area (Å²) in [7, 11) is 3.54. The minimum Gasteiger partial charge on any atom is -0.361 e. The van der Waals surface area contributed by atoms with Gasteiger partial charge in [-0.1, -0.05) is 6.07 Å². The van der Waals surface area contributed by atoms with Gasteiger partial charge in [-0.3, -0.25) is 9.59 Å². The van der Waals surface area contributed by atoms with E-state index >= 15 is 0 Å². The van der Waals surface area contributed by atoms with Gasteiger partial charge in [0.1, 0.15) is 11.9 Å². The van der Waals surface area contributed by atoms with E-state index in [4.69, 9.17) is 0 Å². The van der Waals surface area contributed by atoms with Crippen molar-refractivity contribution in [3.8, 4) is 0 Å². The number of amides is 2. The molecule has 0 bridgehead atoms. The van der Waals surface area contributed by atoms with Gasteiger partial charge in [-0.15, -0.1) is 0 Å². The summed E-state index contributed by atoms with van der Waals surface area (Å²) in [5.41, 5.74) is 1.99. The molecular formula is C24H25F3N4O2. The molecule has 2 amide bonds. The van der Waals surface area contributed by atoms with E-state index in [2.05, 4.69) is 15.6 Å². The highest BCUT2D eigenvalue weighted by molar-refractivity contribution is 5.95. The third kappa shape index (κ3) is 6.69. The van der Waals surface area contributed by atoms with Crippen molar-refractivity contribution in [2.45, 2.75) is 12.5 Å². The van der Waals surface area contributed by atoms with E-state index in [9.17, 15) is 22.8 Å². The maximum absolute atomic E-state index is 13.5. The summed E-state index contributed by atoms with van der Waals surface area (Å²) in [5.74, 6) is -3.24. The zero-order valence-electron chi connectivity index (χ0n) is 18.3. The van der Waals surface area contributed by atoms with Crippen LogP contribution in [0.15, 0.2) is 48.7 Å². The lowest BCUT2D eigenvalue weighted by atomic mass is 10.1. The quantitative estimate of drug-likeness (QED) is 0.432. The van der Waals surface area contributed by atoms with Crippen LogP contribution in [0.5, 0.6) is 0 Å². The maximum Gasteiger partial charge on any atom is 0.244 e. The van der Waals surface area contributed by atoms with E-state index in [0.29, 0.717) is 18.5 Å². The summed E-state index contributed by atoms with van der Waals surface area (Å²) in [4.78, 5) is 29.8. The first kappa shape index (κ1) is 24.1. The SMILES string of the molecule is CN(C)CC(NC(=O)/C=C/c1ccc(F)c(F)c1)C(=O)NCCc1c[nH]c2ccc(F)cc12. The molecule has 1 unspecified atom stereocenters. The third-order valence-electron chi connectivity index (χ3n) is 4.97. The number of carbonyl (C=O) groups is 2. The molecule has 1 heterocycles. The molecule has 0 aliphatic rings. The van der Waals surface area contributed by atoms with Crippen molar-refractivity contribution < 1.29 is 22.8 Å². The molecule has 3 rings (SSSR count). The highest BCUT2D eigenvalue weighted by Crippen LogP contribution is 2.19. The highest BCUT2D eigenvalue weighted by Gasteiger charge is 2.20. The Morgan fingerprint density at radius 2 is 1.88 bits per heavy atom. The monoisotopic (exact) mass is 458 g/mol. The molecule has 0 spiro atoms. The molecule has 3 aromatic rings. The second kappa shape index (κ2) is 10.8. The van der Waals surface area contributed by atoms with Crippen LogP contribution in [0.4, 0.5) is 13.2 Å². The van der Waals surface area contributed by atoms with Crippen molar-refractivity contribution >= 4 is 28.8 Å². The van der Waals surface area contributed by atoms with E-state index in [1.807, 2.05) is 0 Å². The van der Waals surface area contributed by atoms with Crippen molar-refractivity contribution in [3.63, 3.8) is 0 Å². The minimum atomic E-state index is -1.01. The number of hydrogen-bond acceptors (Lipinski definition) is 3. The Kier molecular flexibility index (Phi) is 7.89. The molecule has 33 heavy (non-hydrogen) atoms. The van der Waals surface area contributed by atoms with Crippen LogP contribution in [0.2, 0.25) is 0 Å². The first-order valence-corrected chi connectivity index (χ1v) is 10.3. The molecule has 2 aromatic carbocycles. The number of likely N-dealkylation sites (N-methyl/N-ethyl adjacent to an activating group) is 1. The Bertz CT molecular complexity index is 1170. The summed E-state index contributed by atoms with van der Waals surface area (Å²) >= 11 is 0. The van der Waals surface area contributed by atoms with Crippen molar-refractivity contribution in [2.24, 2.45) is 0 Å². The number of hydrogen-bond donors (Lipinski definition) is 3. The smallest absolute Gasteiger partial charge is 0.244 e. The number of aromatic nitrogens is 1. The normalized spacial score (nSPS) is 12.4. The largest absolute Gasteiger partial charge is 0.361 e. The molecule has 174 valence electrons. The van der Waals surface area contributed by atoms with E-state index in [-0.39, 0.29) is 18.3 Å². The third-order valence-corrected chi connectivity index (χ3v) is 4.97. The van der Waals surface area contributed by atoms with Crippen LogP contribution >= 0.6 is 0 Å². The van der Waals surface area contributed by atoms with E-state index in [1.165, 1.54) is 24.3 Å². The van der Waals surface area contributed by atoms with Crippen LogP contribution in [-0.4, -0.2) is 54.9 Å². The molecular weight excluding hydrogens is 433 g/mol. The number of halogens is 3. The fourth-order valence-electron chi connectivity index (χ4n) is 3.37. The Balaban J connectivity index is 1.58. The van der Waals surface area contributed by atoms with Crippen molar-refractivity contribution in [3.05, 3.63) is 77.2 Å². The van der Waals surface area contributed by atoms with Crippen LogP contribution in [-0.2, 0) is 16.0 Å². The number of benzene rings is 2. The van der Waals surface area contributed by atoms with Gasteiger partial charge in [-0.05, 0) is 68.1 Å². The minimum absolute atomic E-state index is 0.259. The molecule has 3 N–H and O–H groups in total. The predicted octanol–water partition coefficient (Wildman–Crippen LogP) is 3.00. The molecule has 0 radical (unpaired) electrons. The Labute approximate surface area is 189 Å². The average molecular weight is 458 g/mol. The summed E-state index contributed by atoms with van der Waals surface area (Å²) in [6.07, 6.45) is 4.74. The molecule has 0 aliphatic heterocycles. The predicted molar refractivity (Wildman–Crippen MR) is 121 cm³/mol. The molecule has 0 saturated carbocycles. The fourth-order valence-corrected chi connectivity index (χ4v) is 3.37. The summed E-state index contributed by atoms with van der Waals surface area (Å²) in [6.45, 7) is 0.557. The van der Waals surface area contributed by atoms with Gasteiger partial charge in [0, 0.05) is 36.3 Å². The van der Waals surface area contributed by atoms with Gasteiger partial charge in [0.2, 0.25) is 11.8 Å². The lowest BCUT2D eigenvalue weighted by Gasteiger charge is -2.21. The zero-order chi connectivity index (χ0) is 24.0. The fraction of sp³-hybridized carbons (Fsp3) is 0.250. The number of carbonyl (C=O) groups excluding carboxylic acids is 2. The Morgan fingerprint density at radius 3 is 2.61 bits per heavy atom. The highest BCUT2D eigenvalue weighted by atomic mass is 19.2. The Hall–Kier alpha value is -3.59. The lowest BCUT2D eigenvalue weighted by molar-refractivity contribution is -0.127. The lowest BCUT2D eigenvalue weighted by Crippen LogP contribution is -2.51. The van der Waals surface area contributed by atoms with Crippen LogP contribution in [0, 0.1) is 17.5 Å². The van der Waals surface area contributed by atoms with Crippen molar-refractivity contribution in [2.75, 3.05) is 27.2 Å². The van der Waals surface area contributed by atoms with Gasteiger partial charge in [0.05, 0.1) is 0 Å². The summed E-state index contributed by atoms with van der Waals surface area (Å²) < 4.78 is 39.9. The van der Waals surface area contributed by atoms with Gasteiger partial charge in [0.25, 0.3) is 0 Å². The van der Waals surface area contributed by atoms with Crippen LogP contribution in [0.1, 0.15) is 11.1 Å². The van der Waals surface area contributed by atoms with Gasteiger partial charge in [0.15, 0.2) is 11.6 Å².